The summed E-state index contributed by atoms with van der Waals surface area (Å²) in [7, 11) is 1.54. The number of rotatable bonds is 2. The van der Waals surface area contributed by atoms with Gasteiger partial charge in [-0.2, -0.15) is 0 Å². The highest BCUT2D eigenvalue weighted by atomic mass is 16.6. The van der Waals surface area contributed by atoms with Crippen molar-refractivity contribution in [1.29, 1.82) is 0 Å². The summed E-state index contributed by atoms with van der Waals surface area (Å²) in [5, 5.41) is 10.2. The first-order valence-corrected chi connectivity index (χ1v) is 7.65. The molecule has 3 heterocycles. The number of hydrogen-bond donors (Lipinski definition) is 1. The van der Waals surface area contributed by atoms with Gasteiger partial charge in [0.05, 0.1) is 12.0 Å². The maximum Gasteiger partial charge on any atom is 0.410 e. The van der Waals surface area contributed by atoms with Crippen molar-refractivity contribution in [2.75, 3.05) is 20.2 Å². The Morgan fingerprint density at radius 2 is 2.35 bits per heavy atom. The van der Waals surface area contributed by atoms with Crippen molar-refractivity contribution in [1.82, 2.24) is 9.80 Å². The number of nitrogens with zero attached hydrogens (tertiary/aromatic N) is 2. The highest BCUT2D eigenvalue weighted by Gasteiger charge is 2.65. The van der Waals surface area contributed by atoms with Crippen molar-refractivity contribution >= 4 is 12.0 Å². The molecule has 3 aliphatic heterocycles. The van der Waals surface area contributed by atoms with Crippen LogP contribution in [0.5, 0.6) is 0 Å². The molecule has 126 valence electrons. The van der Waals surface area contributed by atoms with Crippen molar-refractivity contribution in [2.24, 2.45) is 5.92 Å². The molecule has 0 bridgehead atoms. The van der Waals surface area contributed by atoms with E-state index in [0.29, 0.717) is 6.54 Å². The number of aliphatic hydroxyl groups is 1. The molecule has 0 radical (unpaired) electrons. The highest BCUT2D eigenvalue weighted by molar-refractivity contribution is 5.85. The van der Waals surface area contributed by atoms with Crippen LogP contribution >= 0.6 is 0 Å². The molecule has 3 rings (SSSR count). The van der Waals surface area contributed by atoms with Gasteiger partial charge >= 0.3 is 6.09 Å². The van der Waals surface area contributed by atoms with Crippen LogP contribution in [0.4, 0.5) is 4.79 Å². The summed E-state index contributed by atoms with van der Waals surface area (Å²) >= 11 is 0. The standard InChI is InChI=1S/C16H22N2O5/c1-5-6-22-15(21)18-8-9(2)7-16(3)12(18)10-11(23-16)14(20)17(4)13(10)19/h5,7,10-12,14,20H,1,6,8H2,2-4H3/t10-,11-,12-,14+,16-/m0/s1. The van der Waals surface area contributed by atoms with Gasteiger partial charge in [0.2, 0.25) is 5.91 Å². The van der Waals surface area contributed by atoms with Crippen molar-refractivity contribution < 1.29 is 24.2 Å². The van der Waals surface area contributed by atoms with Crippen molar-refractivity contribution in [3.05, 3.63) is 24.3 Å². The van der Waals surface area contributed by atoms with Gasteiger partial charge in [-0.3, -0.25) is 9.69 Å². The number of likely N-dealkylation sites (N-methyl/N-ethyl adjacent to an activating group) is 1. The number of carbonyl (C=O) groups excluding carboxylic acids is 2. The molecule has 0 aliphatic carbocycles. The van der Waals surface area contributed by atoms with E-state index in [1.54, 1.807) is 0 Å². The SMILES string of the molecule is C=CCOC(=O)N1CC(C)=C[C@]2(C)O[C@H]3[C@H](C(=O)N(C)[C@@H]3O)[C@H]12. The fourth-order valence-corrected chi connectivity index (χ4v) is 4.00. The second-order valence-electron chi connectivity index (χ2n) is 6.58. The molecule has 0 aromatic heterocycles. The first-order valence-electron chi connectivity index (χ1n) is 7.65. The second kappa shape index (κ2) is 5.35. The fraction of sp³-hybridized carbons (Fsp3) is 0.625. The van der Waals surface area contributed by atoms with Crippen LogP contribution in [-0.2, 0) is 14.3 Å². The van der Waals surface area contributed by atoms with Gasteiger partial charge < -0.3 is 19.5 Å². The van der Waals surface area contributed by atoms with Gasteiger partial charge in [-0.1, -0.05) is 24.3 Å². The highest BCUT2D eigenvalue weighted by Crippen LogP contribution is 2.47. The Balaban J connectivity index is 1.97. The summed E-state index contributed by atoms with van der Waals surface area (Å²) in [6.45, 7) is 7.75. The molecule has 23 heavy (non-hydrogen) atoms. The van der Waals surface area contributed by atoms with Crippen LogP contribution in [0.2, 0.25) is 0 Å². The van der Waals surface area contributed by atoms with Crippen LogP contribution in [-0.4, -0.2) is 71.1 Å². The van der Waals surface area contributed by atoms with Gasteiger partial charge in [-0.05, 0) is 13.8 Å². The van der Waals surface area contributed by atoms with E-state index in [4.69, 9.17) is 9.47 Å². The summed E-state index contributed by atoms with van der Waals surface area (Å²) in [6.07, 6.45) is 1.27. The van der Waals surface area contributed by atoms with Crippen molar-refractivity contribution in [3.63, 3.8) is 0 Å². The molecule has 3 aliphatic rings. The monoisotopic (exact) mass is 322 g/mol. The lowest BCUT2D eigenvalue weighted by Crippen LogP contribution is -2.57. The lowest BCUT2D eigenvalue weighted by Gasteiger charge is -2.42. The third kappa shape index (κ3) is 2.26. The molecule has 7 heteroatoms. The fourth-order valence-electron chi connectivity index (χ4n) is 4.00. The minimum absolute atomic E-state index is 0.104. The molecular weight excluding hydrogens is 300 g/mol. The van der Waals surface area contributed by atoms with Gasteiger partial charge in [0, 0.05) is 13.6 Å². The lowest BCUT2D eigenvalue weighted by atomic mass is 9.82. The smallest absolute Gasteiger partial charge is 0.410 e. The maximum absolute atomic E-state index is 12.5. The summed E-state index contributed by atoms with van der Waals surface area (Å²) in [4.78, 5) is 27.8. The van der Waals surface area contributed by atoms with E-state index >= 15 is 0 Å². The number of hydrogen-bond acceptors (Lipinski definition) is 5. The predicted molar refractivity (Wildman–Crippen MR) is 81.3 cm³/mol. The Kier molecular flexibility index (Phi) is 3.72. The van der Waals surface area contributed by atoms with Gasteiger partial charge in [0.25, 0.3) is 0 Å². The zero-order chi connectivity index (χ0) is 16.9. The van der Waals surface area contributed by atoms with E-state index in [2.05, 4.69) is 6.58 Å². The molecule has 0 aromatic carbocycles. The van der Waals surface area contributed by atoms with Crippen LogP contribution in [0.3, 0.4) is 0 Å². The molecule has 0 saturated carbocycles. The number of ether oxygens (including phenoxy) is 2. The Bertz CT molecular complexity index is 589. The van der Waals surface area contributed by atoms with E-state index in [1.807, 2.05) is 19.9 Å². The third-order valence-electron chi connectivity index (χ3n) is 4.84. The Morgan fingerprint density at radius 1 is 1.65 bits per heavy atom. The van der Waals surface area contributed by atoms with Gasteiger partial charge in [-0.15, -0.1) is 0 Å². The number of carbonyl (C=O) groups is 2. The minimum Gasteiger partial charge on any atom is -0.445 e. The number of amides is 2. The first-order chi connectivity index (χ1) is 10.8. The average molecular weight is 322 g/mol. The van der Waals surface area contributed by atoms with Crippen LogP contribution in [0.25, 0.3) is 0 Å². The van der Waals surface area contributed by atoms with E-state index in [-0.39, 0.29) is 12.5 Å². The predicted octanol–water partition coefficient (Wildman–Crippen LogP) is 0.504. The Hall–Kier alpha value is -1.86. The van der Waals surface area contributed by atoms with Crippen molar-refractivity contribution in [3.8, 4) is 0 Å². The van der Waals surface area contributed by atoms with E-state index < -0.39 is 36.0 Å². The molecule has 0 spiro atoms. The van der Waals surface area contributed by atoms with Gasteiger partial charge in [-0.25, -0.2) is 4.79 Å². The van der Waals surface area contributed by atoms with E-state index in [1.165, 1.54) is 22.9 Å². The van der Waals surface area contributed by atoms with Crippen LogP contribution in [0.1, 0.15) is 13.8 Å². The summed E-state index contributed by atoms with van der Waals surface area (Å²) < 4.78 is 11.2. The quantitative estimate of drug-likeness (QED) is 0.749. The molecule has 0 aromatic rings. The summed E-state index contributed by atoms with van der Waals surface area (Å²) in [6, 6.07) is -0.499. The van der Waals surface area contributed by atoms with Crippen LogP contribution in [0.15, 0.2) is 24.3 Å². The molecule has 2 saturated heterocycles. The molecule has 2 fully saturated rings. The summed E-state index contributed by atoms with van der Waals surface area (Å²) in [5.74, 6) is -0.814. The topological polar surface area (TPSA) is 79.3 Å². The minimum atomic E-state index is -1.00. The van der Waals surface area contributed by atoms with Gasteiger partial charge in [0.1, 0.15) is 18.3 Å². The summed E-state index contributed by atoms with van der Waals surface area (Å²) in [5.41, 5.74) is 0.137. The zero-order valence-corrected chi connectivity index (χ0v) is 13.6. The normalized spacial score (nSPS) is 39.0. The maximum atomic E-state index is 12.5. The number of fused-ring (bicyclic) bond motifs is 3. The van der Waals surface area contributed by atoms with Gasteiger partial charge in [0.15, 0.2) is 6.23 Å². The molecule has 5 atom stereocenters. The first kappa shape index (κ1) is 16.0. The molecule has 1 N–H and O–H groups in total. The largest absolute Gasteiger partial charge is 0.445 e. The molecular formula is C16H22N2O5. The van der Waals surface area contributed by atoms with E-state index in [0.717, 1.165) is 5.57 Å². The molecule has 7 nitrogen and oxygen atoms in total. The number of aliphatic hydroxyl groups excluding tert-OH is 1. The molecule has 0 unspecified atom stereocenters. The Labute approximate surface area is 135 Å². The van der Waals surface area contributed by atoms with Crippen LogP contribution < -0.4 is 0 Å². The Morgan fingerprint density at radius 3 is 3.00 bits per heavy atom. The lowest BCUT2D eigenvalue weighted by molar-refractivity contribution is -0.140. The third-order valence-corrected chi connectivity index (χ3v) is 4.84. The zero-order valence-electron chi connectivity index (χ0n) is 13.6. The van der Waals surface area contributed by atoms with Crippen LogP contribution in [0, 0.1) is 5.92 Å². The second-order valence-corrected chi connectivity index (χ2v) is 6.58. The van der Waals surface area contributed by atoms with E-state index in [9.17, 15) is 14.7 Å². The number of likely N-dealkylation sites (tertiary alicyclic amines) is 1. The van der Waals surface area contributed by atoms with Crippen molar-refractivity contribution in [2.45, 2.75) is 37.8 Å². The average Bonchev–Trinajstić information content (AvgIpc) is 2.90. The molecule has 2 amide bonds.